The molecule has 25 heavy (non-hydrogen) atoms. The number of benzene rings is 3. The summed E-state index contributed by atoms with van der Waals surface area (Å²) in [6.45, 7) is 0.542. The molecular formula is C22H21NO2. The van der Waals surface area contributed by atoms with Gasteiger partial charge in [-0.25, -0.2) is 0 Å². The van der Waals surface area contributed by atoms with Crippen LogP contribution < -0.4 is 5.32 Å². The minimum Gasteiger partial charge on any atom is -0.480 e. The maximum absolute atomic E-state index is 11.6. The summed E-state index contributed by atoms with van der Waals surface area (Å²) in [5.41, 5.74) is 4.38. The fraction of sp³-hybridized carbons (Fsp3) is 0.136. The molecule has 0 radical (unpaired) electrons. The second-order valence-electron chi connectivity index (χ2n) is 6.02. The lowest BCUT2D eigenvalue weighted by Crippen LogP contribution is -2.38. The van der Waals surface area contributed by atoms with Crippen LogP contribution in [0.1, 0.15) is 11.1 Å². The highest BCUT2D eigenvalue weighted by molar-refractivity contribution is 5.74. The average molecular weight is 331 g/mol. The smallest absolute Gasteiger partial charge is 0.321 e. The fourth-order valence-corrected chi connectivity index (χ4v) is 2.78. The van der Waals surface area contributed by atoms with Gasteiger partial charge in [-0.15, -0.1) is 0 Å². The first-order valence-electron chi connectivity index (χ1n) is 8.37. The number of hydrogen-bond acceptors (Lipinski definition) is 2. The van der Waals surface area contributed by atoms with Crippen molar-refractivity contribution in [2.24, 2.45) is 0 Å². The van der Waals surface area contributed by atoms with E-state index in [9.17, 15) is 9.90 Å². The Labute approximate surface area is 148 Å². The van der Waals surface area contributed by atoms with Crippen molar-refractivity contribution in [3.8, 4) is 11.1 Å². The van der Waals surface area contributed by atoms with Crippen LogP contribution in [0.4, 0.5) is 0 Å². The van der Waals surface area contributed by atoms with E-state index in [-0.39, 0.29) is 0 Å². The molecule has 0 spiro atoms. The summed E-state index contributed by atoms with van der Waals surface area (Å²) in [5, 5.41) is 12.6. The number of hydrogen-bond donors (Lipinski definition) is 2. The van der Waals surface area contributed by atoms with Crippen LogP contribution in [-0.2, 0) is 17.8 Å². The largest absolute Gasteiger partial charge is 0.480 e. The Morgan fingerprint density at radius 1 is 0.760 bits per heavy atom. The topological polar surface area (TPSA) is 49.3 Å². The molecule has 0 unspecified atom stereocenters. The zero-order valence-electron chi connectivity index (χ0n) is 13.9. The molecule has 0 bridgehead atoms. The number of nitrogens with one attached hydrogen (secondary N) is 1. The molecule has 1 atom stereocenters. The summed E-state index contributed by atoms with van der Waals surface area (Å²) in [7, 11) is 0. The molecule has 0 saturated carbocycles. The van der Waals surface area contributed by atoms with Gasteiger partial charge in [-0.3, -0.25) is 4.79 Å². The predicted molar refractivity (Wildman–Crippen MR) is 100 cm³/mol. The minimum atomic E-state index is -0.830. The molecule has 0 fully saturated rings. The third-order valence-electron chi connectivity index (χ3n) is 4.19. The Kier molecular flexibility index (Phi) is 5.60. The van der Waals surface area contributed by atoms with E-state index in [2.05, 4.69) is 17.4 Å². The van der Waals surface area contributed by atoms with Crippen molar-refractivity contribution in [2.45, 2.75) is 19.0 Å². The summed E-state index contributed by atoms with van der Waals surface area (Å²) < 4.78 is 0. The highest BCUT2D eigenvalue weighted by Crippen LogP contribution is 2.19. The molecule has 0 heterocycles. The number of carboxylic acids is 1. The second kappa shape index (κ2) is 8.27. The normalized spacial score (nSPS) is 11.8. The van der Waals surface area contributed by atoms with Crippen LogP contribution in [0, 0.1) is 0 Å². The van der Waals surface area contributed by atoms with E-state index >= 15 is 0 Å². The van der Waals surface area contributed by atoms with Gasteiger partial charge in [-0.05, 0) is 28.7 Å². The molecule has 0 amide bonds. The molecule has 0 aliphatic rings. The predicted octanol–water partition coefficient (Wildman–Crippen LogP) is 4.14. The number of carboxylic acid groups (broad SMARTS) is 1. The van der Waals surface area contributed by atoms with E-state index in [4.69, 9.17) is 0 Å². The lowest BCUT2D eigenvalue weighted by molar-refractivity contribution is -0.139. The number of carbonyl (C=O) groups is 1. The zero-order valence-corrected chi connectivity index (χ0v) is 13.9. The van der Waals surface area contributed by atoms with Crippen molar-refractivity contribution in [3.63, 3.8) is 0 Å². The molecule has 0 aliphatic heterocycles. The average Bonchev–Trinajstić information content (AvgIpc) is 2.67. The first-order chi connectivity index (χ1) is 12.2. The monoisotopic (exact) mass is 331 g/mol. The Bertz CT molecular complexity index is 798. The third-order valence-corrected chi connectivity index (χ3v) is 4.19. The summed E-state index contributed by atoms with van der Waals surface area (Å²) in [4.78, 5) is 11.6. The molecule has 3 nitrogen and oxygen atoms in total. The molecule has 3 aromatic carbocycles. The van der Waals surface area contributed by atoms with E-state index in [1.54, 1.807) is 0 Å². The van der Waals surface area contributed by atoms with E-state index in [0.717, 1.165) is 22.3 Å². The van der Waals surface area contributed by atoms with Gasteiger partial charge in [0.25, 0.3) is 0 Å². The number of aliphatic carboxylic acids is 1. The molecule has 0 aromatic heterocycles. The summed E-state index contributed by atoms with van der Waals surface area (Å²) in [5.74, 6) is -0.830. The second-order valence-corrected chi connectivity index (χ2v) is 6.02. The quantitative estimate of drug-likeness (QED) is 0.684. The molecule has 0 saturated heterocycles. The van der Waals surface area contributed by atoms with Crippen molar-refractivity contribution in [3.05, 3.63) is 96.1 Å². The van der Waals surface area contributed by atoms with E-state index in [0.29, 0.717) is 13.0 Å². The van der Waals surface area contributed by atoms with E-state index in [1.165, 1.54) is 0 Å². The van der Waals surface area contributed by atoms with E-state index < -0.39 is 12.0 Å². The molecule has 3 heteroatoms. The van der Waals surface area contributed by atoms with Crippen molar-refractivity contribution < 1.29 is 9.90 Å². The van der Waals surface area contributed by atoms with Crippen LogP contribution in [0.2, 0.25) is 0 Å². The number of rotatable bonds is 7. The zero-order chi connectivity index (χ0) is 17.5. The molecule has 2 N–H and O–H groups in total. The van der Waals surface area contributed by atoms with Crippen molar-refractivity contribution in [2.75, 3.05) is 0 Å². The van der Waals surface area contributed by atoms with Crippen LogP contribution in [0.5, 0.6) is 0 Å². The van der Waals surface area contributed by atoms with Gasteiger partial charge in [-0.2, -0.15) is 0 Å². The Morgan fingerprint density at radius 2 is 1.32 bits per heavy atom. The van der Waals surface area contributed by atoms with Crippen molar-refractivity contribution in [1.82, 2.24) is 5.32 Å². The van der Waals surface area contributed by atoms with Gasteiger partial charge in [0, 0.05) is 6.54 Å². The first-order valence-corrected chi connectivity index (χ1v) is 8.37. The molecular weight excluding hydrogens is 310 g/mol. The van der Waals surface area contributed by atoms with Gasteiger partial charge in [-0.1, -0.05) is 84.9 Å². The van der Waals surface area contributed by atoms with Crippen molar-refractivity contribution in [1.29, 1.82) is 0 Å². The Hall–Kier alpha value is -2.91. The standard InChI is InChI=1S/C22H21NO2/c24-22(25)21(23-16-18-7-3-1-4-8-18)15-17-11-13-20(14-12-17)19-9-5-2-6-10-19/h1-14,21,23H,15-16H2,(H,24,25)/t21-/m0/s1. The Balaban J connectivity index is 1.65. The highest BCUT2D eigenvalue weighted by atomic mass is 16.4. The van der Waals surface area contributed by atoms with Crippen LogP contribution in [0.25, 0.3) is 11.1 Å². The van der Waals surface area contributed by atoms with Gasteiger partial charge >= 0.3 is 5.97 Å². The SMILES string of the molecule is O=C(O)[C@H](Cc1ccc(-c2ccccc2)cc1)NCc1ccccc1. The lowest BCUT2D eigenvalue weighted by atomic mass is 10.0. The first kappa shape index (κ1) is 16.9. The molecule has 3 rings (SSSR count). The van der Waals surface area contributed by atoms with E-state index in [1.807, 2.05) is 72.8 Å². The maximum Gasteiger partial charge on any atom is 0.321 e. The Morgan fingerprint density at radius 3 is 1.92 bits per heavy atom. The maximum atomic E-state index is 11.6. The van der Waals surface area contributed by atoms with Gasteiger partial charge in [0.1, 0.15) is 6.04 Å². The van der Waals surface area contributed by atoms with Gasteiger partial charge in [0.05, 0.1) is 0 Å². The minimum absolute atomic E-state index is 0.456. The van der Waals surface area contributed by atoms with Crippen molar-refractivity contribution >= 4 is 5.97 Å². The molecule has 0 aliphatic carbocycles. The molecule has 126 valence electrons. The lowest BCUT2D eigenvalue weighted by Gasteiger charge is -2.15. The third kappa shape index (κ3) is 4.78. The van der Waals surface area contributed by atoms with Crippen LogP contribution in [0.15, 0.2) is 84.9 Å². The van der Waals surface area contributed by atoms with Crippen LogP contribution in [-0.4, -0.2) is 17.1 Å². The summed E-state index contributed by atoms with van der Waals surface area (Å²) >= 11 is 0. The van der Waals surface area contributed by atoms with Gasteiger partial charge in [0.15, 0.2) is 0 Å². The summed E-state index contributed by atoms with van der Waals surface area (Å²) in [6.07, 6.45) is 0.456. The summed E-state index contributed by atoms with van der Waals surface area (Å²) in [6, 6.07) is 27.5. The highest BCUT2D eigenvalue weighted by Gasteiger charge is 2.17. The van der Waals surface area contributed by atoms with Gasteiger partial charge < -0.3 is 10.4 Å². The van der Waals surface area contributed by atoms with Crippen LogP contribution >= 0.6 is 0 Å². The molecule has 3 aromatic rings. The van der Waals surface area contributed by atoms with Gasteiger partial charge in [0.2, 0.25) is 0 Å². The fourth-order valence-electron chi connectivity index (χ4n) is 2.78. The van der Waals surface area contributed by atoms with Crippen LogP contribution in [0.3, 0.4) is 0 Å².